The molecule has 0 radical (unpaired) electrons. The van der Waals surface area contributed by atoms with Crippen LogP contribution in [0.3, 0.4) is 0 Å². The molecule has 1 rings (SSSR count). The Morgan fingerprint density at radius 3 is 2.50 bits per heavy atom. The van der Waals surface area contributed by atoms with Crippen molar-refractivity contribution >= 4 is 0 Å². The average Bonchev–Trinajstić information content (AvgIpc) is 2.61. The Hall–Kier alpha value is -0.830. The number of rotatable bonds is 5. The van der Waals surface area contributed by atoms with Gasteiger partial charge in [-0.1, -0.05) is 26.7 Å². The lowest BCUT2D eigenvalue weighted by atomic mass is 9.94. The molecule has 0 aliphatic rings. The van der Waals surface area contributed by atoms with Crippen LogP contribution in [-0.4, -0.2) is 9.78 Å². The molecule has 0 fully saturated rings. The van der Waals surface area contributed by atoms with Gasteiger partial charge in [-0.3, -0.25) is 4.68 Å². The van der Waals surface area contributed by atoms with Crippen molar-refractivity contribution < 1.29 is 0 Å². The van der Waals surface area contributed by atoms with E-state index in [1.54, 1.807) is 0 Å². The van der Waals surface area contributed by atoms with Crippen molar-refractivity contribution in [3.8, 4) is 0 Å². The Balaban J connectivity index is 2.53. The molecule has 0 bridgehead atoms. The lowest BCUT2D eigenvalue weighted by Gasteiger charge is -2.16. The second-order valence-corrected chi connectivity index (χ2v) is 3.94. The summed E-state index contributed by atoms with van der Waals surface area (Å²) in [7, 11) is 1.92. The molecule has 14 heavy (non-hydrogen) atoms. The molecule has 0 saturated heterocycles. The Morgan fingerprint density at radius 2 is 2.07 bits per heavy atom. The van der Waals surface area contributed by atoms with E-state index >= 15 is 0 Å². The van der Waals surface area contributed by atoms with Crippen LogP contribution in [-0.2, 0) is 7.05 Å². The van der Waals surface area contributed by atoms with E-state index in [-0.39, 0.29) is 6.04 Å². The highest BCUT2D eigenvalue weighted by molar-refractivity contribution is 5.04. The van der Waals surface area contributed by atoms with E-state index in [0.717, 1.165) is 18.0 Å². The largest absolute Gasteiger partial charge is 0.323 e. The minimum Gasteiger partial charge on any atom is -0.323 e. The van der Waals surface area contributed by atoms with Crippen molar-refractivity contribution in [3.63, 3.8) is 0 Å². The fraction of sp³-hybridized carbons (Fsp3) is 0.727. The van der Waals surface area contributed by atoms with Crippen LogP contribution in [0.25, 0.3) is 0 Å². The molecule has 0 aromatic carbocycles. The maximum Gasteiger partial charge on any atom is 0.0791 e. The Kier molecular flexibility index (Phi) is 4.14. The summed E-state index contributed by atoms with van der Waals surface area (Å²) in [6.45, 7) is 4.44. The average molecular weight is 195 g/mol. The van der Waals surface area contributed by atoms with Crippen molar-refractivity contribution in [3.05, 3.63) is 18.0 Å². The molecule has 1 aromatic rings. The molecule has 2 N–H and O–H groups in total. The minimum atomic E-state index is 0.0982. The van der Waals surface area contributed by atoms with Crippen molar-refractivity contribution in [2.24, 2.45) is 18.7 Å². The van der Waals surface area contributed by atoms with Crippen molar-refractivity contribution in [1.82, 2.24) is 9.78 Å². The fourth-order valence-electron chi connectivity index (χ4n) is 1.73. The molecule has 3 nitrogen and oxygen atoms in total. The van der Waals surface area contributed by atoms with E-state index in [0.29, 0.717) is 0 Å². The zero-order valence-corrected chi connectivity index (χ0v) is 9.40. The molecule has 0 aliphatic heterocycles. The molecular weight excluding hydrogens is 174 g/mol. The van der Waals surface area contributed by atoms with Crippen LogP contribution in [0.4, 0.5) is 0 Å². The van der Waals surface area contributed by atoms with Gasteiger partial charge in [-0.15, -0.1) is 0 Å². The van der Waals surface area contributed by atoms with Crippen LogP contribution < -0.4 is 5.73 Å². The highest BCUT2D eigenvalue weighted by Crippen LogP contribution is 2.21. The molecule has 80 valence electrons. The molecule has 1 unspecified atom stereocenters. The molecule has 0 spiro atoms. The Bertz CT molecular complexity index is 263. The fourth-order valence-corrected chi connectivity index (χ4v) is 1.73. The maximum atomic E-state index is 6.08. The van der Waals surface area contributed by atoms with E-state index in [2.05, 4.69) is 18.9 Å². The van der Waals surface area contributed by atoms with Gasteiger partial charge in [0, 0.05) is 19.3 Å². The van der Waals surface area contributed by atoms with Crippen LogP contribution in [0, 0.1) is 5.92 Å². The maximum absolute atomic E-state index is 6.08. The monoisotopic (exact) mass is 195 g/mol. The van der Waals surface area contributed by atoms with Gasteiger partial charge < -0.3 is 5.73 Å². The molecule has 0 aliphatic carbocycles. The van der Waals surface area contributed by atoms with E-state index in [1.165, 1.54) is 12.8 Å². The molecule has 0 saturated carbocycles. The number of aromatic nitrogens is 2. The van der Waals surface area contributed by atoms with Crippen LogP contribution in [0.5, 0.6) is 0 Å². The summed E-state index contributed by atoms with van der Waals surface area (Å²) >= 11 is 0. The molecule has 1 heterocycles. The van der Waals surface area contributed by atoms with E-state index < -0.39 is 0 Å². The Morgan fingerprint density at radius 1 is 1.43 bits per heavy atom. The van der Waals surface area contributed by atoms with Gasteiger partial charge in [0.1, 0.15) is 0 Å². The zero-order chi connectivity index (χ0) is 10.6. The molecule has 0 amide bonds. The van der Waals surface area contributed by atoms with E-state index in [1.807, 2.05) is 24.0 Å². The third-order valence-corrected chi connectivity index (χ3v) is 2.86. The first kappa shape index (κ1) is 11.2. The standard InChI is InChI=1S/C11H21N3/c1-4-9(5-2)8-10(12)11-6-7-14(3)13-11/h6-7,9-10H,4-5,8,12H2,1-3H3. The van der Waals surface area contributed by atoms with Gasteiger partial charge >= 0.3 is 0 Å². The van der Waals surface area contributed by atoms with Crippen molar-refractivity contribution in [2.75, 3.05) is 0 Å². The van der Waals surface area contributed by atoms with Crippen LogP contribution >= 0.6 is 0 Å². The zero-order valence-electron chi connectivity index (χ0n) is 9.40. The number of hydrogen-bond donors (Lipinski definition) is 1. The second-order valence-electron chi connectivity index (χ2n) is 3.94. The van der Waals surface area contributed by atoms with Gasteiger partial charge in [0.05, 0.1) is 5.69 Å². The van der Waals surface area contributed by atoms with Gasteiger partial charge in [0.25, 0.3) is 0 Å². The van der Waals surface area contributed by atoms with Crippen LogP contribution in [0.2, 0.25) is 0 Å². The molecule has 1 aromatic heterocycles. The smallest absolute Gasteiger partial charge is 0.0791 e. The number of nitrogens with zero attached hydrogens (tertiary/aromatic N) is 2. The SMILES string of the molecule is CCC(CC)CC(N)c1ccn(C)n1. The first-order valence-electron chi connectivity index (χ1n) is 5.42. The summed E-state index contributed by atoms with van der Waals surface area (Å²) in [6, 6.07) is 2.11. The first-order chi connectivity index (χ1) is 6.67. The number of nitrogens with two attached hydrogens (primary N) is 1. The van der Waals surface area contributed by atoms with Gasteiger partial charge in [-0.2, -0.15) is 5.10 Å². The van der Waals surface area contributed by atoms with Crippen molar-refractivity contribution in [1.29, 1.82) is 0 Å². The summed E-state index contributed by atoms with van der Waals surface area (Å²) in [5.41, 5.74) is 7.10. The summed E-state index contributed by atoms with van der Waals surface area (Å²) in [4.78, 5) is 0. The van der Waals surface area contributed by atoms with Gasteiger partial charge in [0.2, 0.25) is 0 Å². The van der Waals surface area contributed by atoms with Gasteiger partial charge in [-0.05, 0) is 18.4 Å². The lowest BCUT2D eigenvalue weighted by Crippen LogP contribution is -2.15. The van der Waals surface area contributed by atoms with Gasteiger partial charge in [-0.25, -0.2) is 0 Å². The summed E-state index contributed by atoms with van der Waals surface area (Å²) in [6.07, 6.45) is 5.40. The molecular formula is C11H21N3. The van der Waals surface area contributed by atoms with Crippen molar-refractivity contribution in [2.45, 2.75) is 39.2 Å². The minimum absolute atomic E-state index is 0.0982. The summed E-state index contributed by atoms with van der Waals surface area (Å²) in [5, 5.41) is 4.32. The Labute approximate surface area is 86.3 Å². The quantitative estimate of drug-likeness (QED) is 0.783. The summed E-state index contributed by atoms with van der Waals surface area (Å²) < 4.78 is 1.81. The normalized spacial score (nSPS) is 13.5. The molecule has 3 heteroatoms. The summed E-state index contributed by atoms with van der Waals surface area (Å²) in [5.74, 6) is 0.729. The third kappa shape index (κ3) is 2.84. The predicted octanol–water partition coefficient (Wildman–Crippen LogP) is 2.25. The highest BCUT2D eigenvalue weighted by atomic mass is 15.3. The second kappa shape index (κ2) is 5.15. The predicted molar refractivity (Wildman–Crippen MR) is 58.8 cm³/mol. The van der Waals surface area contributed by atoms with E-state index in [9.17, 15) is 0 Å². The lowest BCUT2D eigenvalue weighted by molar-refractivity contribution is 0.409. The molecule has 1 atom stereocenters. The van der Waals surface area contributed by atoms with Crippen LogP contribution in [0.15, 0.2) is 12.3 Å². The highest BCUT2D eigenvalue weighted by Gasteiger charge is 2.13. The van der Waals surface area contributed by atoms with E-state index in [4.69, 9.17) is 5.73 Å². The topological polar surface area (TPSA) is 43.8 Å². The number of aryl methyl sites for hydroxylation is 1. The van der Waals surface area contributed by atoms with Crippen LogP contribution in [0.1, 0.15) is 44.8 Å². The first-order valence-corrected chi connectivity index (χ1v) is 5.42. The third-order valence-electron chi connectivity index (χ3n) is 2.86. The number of hydrogen-bond acceptors (Lipinski definition) is 2. The van der Waals surface area contributed by atoms with Gasteiger partial charge in [0.15, 0.2) is 0 Å².